The molecule has 0 bridgehead atoms. The van der Waals surface area contributed by atoms with E-state index < -0.39 is 10.0 Å². The van der Waals surface area contributed by atoms with Gasteiger partial charge in [-0.1, -0.05) is 6.42 Å². The Balaban J connectivity index is 1.99. The van der Waals surface area contributed by atoms with Gasteiger partial charge in [0.25, 0.3) is 0 Å². The highest BCUT2D eigenvalue weighted by molar-refractivity contribution is 7.99. The Morgan fingerprint density at radius 1 is 1.48 bits per heavy atom. The number of hydrogen-bond donors (Lipinski definition) is 2. The first-order chi connectivity index (χ1) is 10.0. The van der Waals surface area contributed by atoms with Crippen LogP contribution < -0.4 is 10.0 Å². The van der Waals surface area contributed by atoms with E-state index in [0.29, 0.717) is 11.8 Å². The van der Waals surface area contributed by atoms with E-state index in [1.165, 1.54) is 12.6 Å². The summed E-state index contributed by atoms with van der Waals surface area (Å²) in [4.78, 5) is 0.255. The first-order valence-corrected chi connectivity index (χ1v) is 10.0. The first-order valence-electron chi connectivity index (χ1n) is 7.27. The largest absolute Gasteiger partial charge is 0.318 e. The van der Waals surface area contributed by atoms with Gasteiger partial charge in [-0.2, -0.15) is 16.9 Å². The fourth-order valence-corrected chi connectivity index (χ4v) is 4.65. The molecule has 1 aromatic rings. The van der Waals surface area contributed by atoms with E-state index in [-0.39, 0.29) is 10.9 Å². The van der Waals surface area contributed by atoms with Crippen molar-refractivity contribution in [1.29, 1.82) is 0 Å². The van der Waals surface area contributed by atoms with Crippen LogP contribution in [0.3, 0.4) is 0 Å². The van der Waals surface area contributed by atoms with Crippen molar-refractivity contribution in [2.45, 2.75) is 48.4 Å². The molecule has 1 aliphatic rings. The highest BCUT2D eigenvalue weighted by Gasteiger charge is 2.26. The molecule has 1 fully saturated rings. The van der Waals surface area contributed by atoms with Crippen molar-refractivity contribution in [1.82, 2.24) is 19.8 Å². The minimum Gasteiger partial charge on any atom is -0.318 e. The van der Waals surface area contributed by atoms with Crippen LogP contribution in [0.15, 0.2) is 17.3 Å². The molecule has 0 amide bonds. The van der Waals surface area contributed by atoms with Gasteiger partial charge in [0.1, 0.15) is 4.90 Å². The van der Waals surface area contributed by atoms with Crippen molar-refractivity contribution in [3.05, 3.63) is 12.4 Å². The average Bonchev–Trinajstić information content (AvgIpc) is 2.94. The van der Waals surface area contributed by atoms with Crippen LogP contribution in [0.1, 0.15) is 25.7 Å². The smallest absolute Gasteiger partial charge is 0.243 e. The second-order valence-electron chi connectivity index (χ2n) is 5.39. The van der Waals surface area contributed by atoms with Crippen molar-refractivity contribution in [3.63, 3.8) is 0 Å². The second-order valence-corrected chi connectivity index (χ2v) is 8.24. The van der Waals surface area contributed by atoms with Crippen molar-refractivity contribution in [3.8, 4) is 0 Å². The number of sulfonamides is 1. The van der Waals surface area contributed by atoms with E-state index in [0.717, 1.165) is 25.8 Å². The van der Waals surface area contributed by atoms with Crippen molar-refractivity contribution in [2.75, 3.05) is 19.8 Å². The van der Waals surface area contributed by atoms with Gasteiger partial charge in [-0.3, -0.25) is 4.68 Å². The maximum Gasteiger partial charge on any atom is 0.243 e. The molecular formula is C13H24N4O2S2. The van der Waals surface area contributed by atoms with Gasteiger partial charge in [-0.15, -0.1) is 0 Å². The topological polar surface area (TPSA) is 76.0 Å². The minimum absolute atomic E-state index is 0.0434. The Bertz CT molecular complexity index is 544. The monoisotopic (exact) mass is 332 g/mol. The molecule has 2 N–H and O–H groups in total. The standard InChI is InChI=1S/C13H24N4O2S2/c1-14-6-7-17-10-13(9-15-17)21(18,19)16-11-4-3-5-12(8-11)20-2/h9-12,14,16H,3-8H2,1-2H3. The summed E-state index contributed by atoms with van der Waals surface area (Å²) in [6, 6.07) is 0.0434. The molecule has 21 heavy (non-hydrogen) atoms. The normalized spacial score (nSPS) is 23.3. The molecule has 2 rings (SSSR count). The Hall–Kier alpha value is -0.570. The molecule has 2 unspecified atom stereocenters. The Morgan fingerprint density at radius 3 is 3.00 bits per heavy atom. The van der Waals surface area contributed by atoms with Crippen LogP contribution in [-0.2, 0) is 16.6 Å². The van der Waals surface area contributed by atoms with Gasteiger partial charge < -0.3 is 5.32 Å². The highest BCUT2D eigenvalue weighted by Crippen LogP contribution is 2.27. The van der Waals surface area contributed by atoms with Crippen LogP contribution in [0.2, 0.25) is 0 Å². The van der Waals surface area contributed by atoms with Gasteiger partial charge in [0.2, 0.25) is 10.0 Å². The van der Waals surface area contributed by atoms with Gasteiger partial charge in [0.05, 0.1) is 12.7 Å². The number of aromatic nitrogens is 2. The lowest BCUT2D eigenvalue weighted by molar-refractivity contribution is 0.420. The van der Waals surface area contributed by atoms with E-state index in [2.05, 4.69) is 21.4 Å². The van der Waals surface area contributed by atoms with Crippen molar-refractivity contribution >= 4 is 21.8 Å². The third-order valence-corrected chi connectivity index (χ3v) is 6.36. The molecule has 6 nitrogen and oxygen atoms in total. The second kappa shape index (κ2) is 7.62. The molecule has 2 atom stereocenters. The number of likely N-dealkylation sites (N-methyl/N-ethyl adjacent to an activating group) is 1. The molecule has 1 aromatic heterocycles. The maximum absolute atomic E-state index is 12.4. The summed E-state index contributed by atoms with van der Waals surface area (Å²) in [7, 11) is -1.60. The van der Waals surface area contributed by atoms with Gasteiger partial charge in [-0.25, -0.2) is 13.1 Å². The van der Waals surface area contributed by atoms with Gasteiger partial charge in [0.15, 0.2) is 0 Å². The summed E-state index contributed by atoms with van der Waals surface area (Å²) in [6.07, 6.45) is 9.20. The van der Waals surface area contributed by atoms with E-state index >= 15 is 0 Å². The van der Waals surface area contributed by atoms with Gasteiger partial charge >= 0.3 is 0 Å². The highest BCUT2D eigenvalue weighted by atomic mass is 32.2. The Kier molecular flexibility index (Phi) is 6.09. The fraction of sp³-hybridized carbons (Fsp3) is 0.769. The summed E-state index contributed by atoms with van der Waals surface area (Å²) >= 11 is 1.83. The van der Waals surface area contributed by atoms with Crippen LogP contribution in [0, 0.1) is 0 Å². The zero-order valence-corrected chi connectivity index (χ0v) is 14.2. The summed E-state index contributed by atoms with van der Waals surface area (Å²) in [5.41, 5.74) is 0. The average molecular weight is 332 g/mol. The molecule has 0 radical (unpaired) electrons. The van der Waals surface area contributed by atoms with E-state index in [1.807, 2.05) is 18.8 Å². The SMILES string of the molecule is CNCCn1cc(S(=O)(=O)NC2CCCC(SC)C2)cn1. The third kappa shape index (κ3) is 4.70. The predicted octanol–water partition coefficient (Wildman–Crippen LogP) is 1.05. The Labute approximate surface area is 131 Å². The molecule has 0 spiro atoms. The number of nitrogens with zero attached hydrogens (tertiary/aromatic N) is 2. The first kappa shape index (κ1) is 16.8. The number of nitrogens with one attached hydrogen (secondary N) is 2. The summed E-state index contributed by atoms with van der Waals surface area (Å²) in [5, 5.41) is 7.67. The molecule has 0 aromatic carbocycles. The van der Waals surface area contributed by atoms with Crippen LogP contribution in [-0.4, -0.2) is 49.3 Å². The molecule has 0 aliphatic heterocycles. The molecule has 1 aliphatic carbocycles. The third-order valence-electron chi connectivity index (χ3n) is 3.79. The lowest BCUT2D eigenvalue weighted by Gasteiger charge is -2.28. The van der Waals surface area contributed by atoms with E-state index in [4.69, 9.17) is 0 Å². The lowest BCUT2D eigenvalue weighted by atomic mass is 9.96. The summed E-state index contributed by atoms with van der Waals surface area (Å²) in [6.45, 7) is 1.41. The quantitative estimate of drug-likeness (QED) is 0.781. The minimum atomic E-state index is -3.46. The van der Waals surface area contributed by atoms with Crippen molar-refractivity contribution < 1.29 is 8.42 Å². The lowest BCUT2D eigenvalue weighted by Crippen LogP contribution is -2.38. The van der Waals surface area contributed by atoms with E-state index in [9.17, 15) is 8.42 Å². The summed E-state index contributed by atoms with van der Waals surface area (Å²) < 4.78 is 29.3. The predicted molar refractivity (Wildman–Crippen MR) is 86.0 cm³/mol. The van der Waals surface area contributed by atoms with E-state index in [1.54, 1.807) is 10.9 Å². The van der Waals surface area contributed by atoms with Crippen LogP contribution in [0.4, 0.5) is 0 Å². The number of thioether (sulfide) groups is 1. The number of rotatable bonds is 7. The molecule has 0 saturated heterocycles. The zero-order valence-electron chi connectivity index (χ0n) is 12.6. The molecule has 1 heterocycles. The summed E-state index contributed by atoms with van der Waals surface area (Å²) in [5.74, 6) is 0. The zero-order chi connectivity index (χ0) is 15.3. The molecule has 120 valence electrons. The fourth-order valence-electron chi connectivity index (χ4n) is 2.59. The van der Waals surface area contributed by atoms with Crippen molar-refractivity contribution in [2.24, 2.45) is 0 Å². The van der Waals surface area contributed by atoms with Gasteiger partial charge in [0, 0.05) is 24.0 Å². The molecular weight excluding hydrogens is 308 g/mol. The van der Waals surface area contributed by atoms with Crippen LogP contribution in [0.5, 0.6) is 0 Å². The molecule has 1 saturated carbocycles. The van der Waals surface area contributed by atoms with Gasteiger partial charge in [-0.05, 0) is 32.6 Å². The molecule has 8 heteroatoms. The maximum atomic E-state index is 12.4. The Morgan fingerprint density at radius 2 is 2.29 bits per heavy atom. The van der Waals surface area contributed by atoms with Crippen LogP contribution in [0.25, 0.3) is 0 Å². The van der Waals surface area contributed by atoms with Crippen LogP contribution >= 0.6 is 11.8 Å². The number of hydrogen-bond acceptors (Lipinski definition) is 5.